The normalized spacial score (nSPS) is 10.5. The van der Waals surface area contributed by atoms with Crippen LogP contribution >= 0.6 is 0 Å². The molecule has 0 atom stereocenters. The van der Waals surface area contributed by atoms with Crippen molar-refractivity contribution in [1.29, 1.82) is 10.8 Å². The number of rotatable bonds is 9. The molecular weight excluding hydrogens is 188 g/mol. The smallest absolute Gasteiger partial charge is 0.0885 e. The first-order valence-corrected chi connectivity index (χ1v) is 5.19. The third-order valence-corrected chi connectivity index (χ3v) is 1.74. The average molecular weight is 208 g/mol. The van der Waals surface area contributed by atoms with E-state index in [1.165, 1.54) is 0 Å². The molecule has 0 aliphatic carbocycles. The van der Waals surface area contributed by atoms with Crippen molar-refractivity contribution in [3.8, 4) is 0 Å². The summed E-state index contributed by atoms with van der Waals surface area (Å²) >= 11 is 0. The molecule has 0 amide bonds. The standard InChI is InChI=1S/C12H20N2O/c1-3-5-7-11(13)9-15-10-12(14)8-6-4-2/h3,6,8,13-14H,1,4-5,7,9-10H2,2H3/b8-6-,13-11?,14-12?. The zero-order chi connectivity index (χ0) is 11.5. The summed E-state index contributed by atoms with van der Waals surface area (Å²) in [5.41, 5.74) is 1.01. The lowest BCUT2D eigenvalue weighted by Crippen LogP contribution is -2.12. The zero-order valence-corrected chi connectivity index (χ0v) is 9.38. The fourth-order valence-electron chi connectivity index (χ4n) is 0.941. The lowest BCUT2D eigenvalue weighted by atomic mass is 10.2. The second-order valence-corrected chi connectivity index (χ2v) is 3.26. The maximum absolute atomic E-state index is 7.51. The van der Waals surface area contributed by atoms with E-state index in [1.807, 2.05) is 13.0 Å². The van der Waals surface area contributed by atoms with E-state index < -0.39 is 0 Å². The molecule has 0 heterocycles. The van der Waals surface area contributed by atoms with Crippen molar-refractivity contribution in [2.24, 2.45) is 0 Å². The second kappa shape index (κ2) is 9.34. The van der Waals surface area contributed by atoms with Gasteiger partial charge in [-0.1, -0.05) is 19.1 Å². The van der Waals surface area contributed by atoms with Crippen molar-refractivity contribution in [3.63, 3.8) is 0 Å². The number of hydrogen-bond donors (Lipinski definition) is 2. The highest BCUT2D eigenvalue weighted by Crippen LogP contribution is 1.93. The fraction of sp³-hybridized carbons (Fsp3) is 0.500. The van der Waals surface area contributed by atoms with Crippen LogP contribution in [0.25, 0.3) is 0 Å². The number of allylic oxidation sites excluding steroid dienone is 2. The Hall–Kier alpha value is -1.22. The van der Waals surface area contributed by atoms with Gasteiger partial charge in [0.15, 0.2) is 0 Å². The minimum Gasteiger partial charge on any atom is -0.369 e. The molecule has 0 saturated carbocycles. The molecule has 0 bridgehead atoms. The summed E-state index contributed by atoms with van der Waals surface area (Å²) in [6.07, 6.45) is 7.90. The molecule has 0 rings (SSSR count). The van der Waals surface area contributed by atoms with Crippen molar-refractivity contribution < 1.29 is 4.74 Å². The van der Waals surface area contributed by atoms with Gasteiger partial charge in [0.25, 0.3) is 0 Å². The van der Waals surface area contributed by atoms with E-state index in [4.69, 9.17) is 15.6 Å². The third kappa shape index (κ3) is 9.09. The van der Waals surface area contributed by atoms with E-state index in [0.29, 0.717) is 24.5 Å². The minimum absolute atomic E-state index is 0.285. The quantitative estimate of drug-likeness (QED) is 0.444. The first kappa shape index (κ1) is 13.8. The van der Waals surface area contributed by atoms with Crippen LogP contribution in [0.5, 0.6) is 0 Å². The number of ether oxygens (including phenoxy) is 1. The summed E-state index contributed by atoms with van der Waals surface area (Å²) in [7, 11) is 0. The van der Waals surface area contributed by atoms with Gasteiger partial charge >= 0.3 is 0 Å². The highest BCUT2D eigenvalue weighted by atomic mass is 16.5. The summed E-state index contributed by atoms with van der Waals surface area (Å²) < 4.78 is 5.22. The van der Waals surface area contributed by atoms with Crippen LogP contribution in [0.2, 0.25) is 0 Å². The largest absolute Gasteiger partial charge is 0.369 e. The van der Waals surface area contributed by atoms with Gasteiger partial charge in [0.1, 0.15) is 0 Å². The zero-order valence-electron chi connectivity index (χ0n) is 9.38. The van der Waals surface area contributed by atoms with Gasteiger partial charge in [-0.25, -0.2) is 0 Å². The first-order valence-electron chi connectivity index (χ1n) is 5.19. The maximum Gasteiger partial charge on any atom is 0.0885 e. The molecule has 0 unspecified atom stereocenters. The summed E-state index contributed by atoms with van der Waals surface area (Å²) in [4.78, 5) is 0. The van der Waals surface area contributed by atoms with Crippen LogP contribution in [-0.4, -0.2) is 24.6 Å². The Morgan fingerprint density at radius 2 is 2.07 bits per heavy atom. The van der Waals surface area contributed by atoms with Gasteiger partial charge in [0, 0.05) is 5.71 Å². The molecule has 0 aliphatic heterocycles. The van der Waals surface area contributed by atoms with E-state index in [1.54, 1.807) is 12.2 Å². The van der Waals surface area contributed by atoms with Gasteiger partial charge in [-0.2, -0.15) is 0 Å². The molecule has 0 saturated heterocycles. The molecule has 0 radical (unpaired) electrons. The van der Waals surface area contributed by atoms with E-state index >= 15 is 0 Å². The van der Waals surface area contributed by atoms with Crippen LogP contribution in [0.4, 0.5) is 0 Å². The van der Waals surface area contributed by atoms with Gasteiger partial charge < -0.3 is 15.6 Å². The van der Waals surface area contributed by atoms with Crippen molar-refractivity contribution >= 4 is 11.4 Å². The lowest BCUT2D eigenvalue weighted by Gasteiger charge is -2.03. The van der Waals surface area contributed by atoms with Crippen molar-refractivity contribution in [1.82, 2.24) is 0 Å². The first-order chi connectivity index (χ1) is 7.20. The Bertz CT molecular complexity index is 244. The Morgan fingerprint density at radius 3 is 2.67 bits per heavy atom. The molecule has 15 heavy (non-hydrogen) atoms. The lowest BCUT2D eigenvalue weighted by molar-refractivity contribution is 0.213. The van der Waals surface area contributed by atoms with Crippen molar-refractivity contribution in [3.05, 3.63) is 24.8 Å². The predicted octanol–water partition coefficient (Wildman–Crippen LogP) is 2.97. The number of nitrogens with one attached hydrogen (secondary N) is 2. The third-order valence-electron chi connectivity index (χ3n) is 1.74. The second-order valence-electron chi connectivity index (χ2n) is 3.26. The minimum atomic E-state index is 0.285. The molecule has 0 aliphatic rings. The molecule has 0 aromatic heterocycles. The Kier molecular flexibility index (Phi) is 8.58. The highest BCUT2D eigenvalue weighted by molar-refractivity contribution is 5.93. The number of hydrogen-bond acceptors (Lipinski definition) is 3. The predicted molar refractivity (Wildman–Crippen MR) is 65.1 cm³/mol. The Morgan fingerprint density at radius 1 is 1.33 bits per heavy atom. The molecule has 3 nitrogen and oxygen atoms in total. The van der Waals surface area contributed by atoms with Crippen LogP contribution < -0.4 is 0 Å². The van der Waals surface area contributed by atoms with E-state index in [0.717, 1.165) is 12.8 Å². The van der Waals surface area contributed by atoms with Crippen molar-refractivity contribution in [2.45, 2.75) is 26.2 Å². The molecular formula is C12H20N2O. The SMILES string of the molecule is C=CCCC(=N)COCC(=N)/C=C\CC. The van der Waals surface area contributed by atoms with Gasteiger partial charge in [0.2, 0.25) is 0 Å². The summed E-state index contributed by atoms with van der Waals surface area (Å²) in [6.45, 7) is 6.22. The summed E-state index contributed by atoms with van der Waals surface area (Å²) in [5, 5.41) is 15.0. The highest BCUT2D eigenvalue weighted by Gasteiger charge is 1.97. The van der Waals surface area contributed by atoms with Crippen LogP contribution in [0, 0.1) is 10.8 Å². The van der Waals surface area contributed by atoms with E-state index in [-0.39, 0.29) is 6.61 Å². The van der Waals surface area contributed by atoms with Gasteiger partial charge in [0.05, 0.1) is 18.9 Å². The molecule has 0 aromatic rings. The van der Waals surface area contributed by atoms with E-state index in [9.17, 15) is 0 Å². The fourth-order valence-corrected chi connectivity index (χ4v) is 0.941. The van der Waals surface area contributed by atoms with E-state index in [2.05, 4.69) is 6.58 Å². The van der Waals surface area contributed by atoms with Gasteiger partial charge in [-0.15, -0.1) is 6.58 Å². The molecule has 0 aromatic carbocycles. The van der Waals surface area contributed by atoms with Crippen LogP contribution in [-0.2, 0) is 4.74 Å². The van der Waals surface area contributed by atoms with Gasteiger partial charge in [-0.3, -0.25) is 0 Å². The van der Waals surface area contributed by atoms with Crippen LogP contribution in [0.15, 0.2) is 24.8 Å². The summed E-state index contributed by atoms with van der Waals surface area (Å²) in [6, 6.07) is 0. The molecule has 3 heteroatoms. The topological polar surface area (TPSA) is 56.9 Å². The average Bonchev–Trinajstić information content (AvgIpc) is 2.23. The Labute approximate surface area is 91.9 Å². The molecule has 2 N–H and O–H groups in total. The molecule has 0 spiro atoms. The Balaban J connectivity index is 3.52. The monoisotopic (exact) mass is 208 g/mol. The van der Waals surface area contributed by atoms with Crippen LogP contribution in [0.3, 0.4) is 0 Å². The molecule has 84 valence electrons. The summed E-state index contributed by atoms with van der Waals surface area (Å²) in [5.74, 6) is 0. The van der Waals surface area contributed by atoms with Gasteiger partial charge in [-0.05, 0) is 25.3 Å². The maximum atomic E-state index is 7.51. The van der Waals surface area contributed by atoms with Crippen molar-refractivity contribution in [2.75, 3.05) is 13.2 Å². The molecule has 0 fully saturated rings. The van der Waals surface area contributed by atoms with Crippen LogP contribution in [0.1, 0.15) is 26.2 Å².